The summed E-state index contributed by atoms with van der Waals surface area (Å²) in [4.78, 5) is 16.2. The van der Waals surface area contributed by atoms with Gasteiger partial charge in [-0.25, -0.2) is 4.98 Å². The Morgan fingerprint density at radius 3 is 2.88 bits per heavy atom. The van der Waals surface area contributed by atoms with Crippen molar-refractivity contribution in [1.29, 1.82) is 0 Å². The highest BCUT2D eigenvalue weighted by molar-refractivity contribution is 7.15. The number of nitrogens with one attached hydrogen (secondary N) is 1. The zero-order chi connectivity index (χ0) is 10.7. The van der Waals surface area contributed by atoms with Crippen LogP contribution in [-0.2, 0) is 17.6 Å². The lowest BCUT2D eigenvalue weighted by Gasteiger charge is -2.06. The highest BCUT2D eigenvalue weighted by Crippen LogP contribution is 2.29. The number of aromatic nitrogens is 1. The van der Waals surface area contributed by atoms with Gasteiger partial charge in [-0.1, -0.05) is 0 Å². The first kappa shape index (κ1) is 13.3. The van der Waals surface area contributed by atoms with Crippen molar-refractivity contribution in [3.8, 4) is 0 Å². The zero-order valence-electron chi connectivity index (χ0n) is 8.86. The van der Waals surface area contributed by atoms with E-state index in [2.05, 4.69) is 10.3 Å². The molecule has 0 bridgehead atoms. The van der Waals surface area contributed by atoms with E-state index in [0.29, 0.717) is 6.54 Å². The number of carbonyl (C=O) groups is 1. The molecular weight excluding hydrogens is 248 g/mol. The van der Waals surface area contributed by atoms with Crippen LogP contribution in [0.5, 0.6) is 0 Å². The van der Waals surface area contributed by atoms with Gasteiger partial charge in [0.25, 0.3) is 0 Å². The summed E-state index contributed by atoms with van der Waals surface area (Å²) >= 11 is 1.67. The van der Waals surface area contributed by atoms with Crippen molar-refractivity contribution in [3.63, 3.8) is 0 Å². The van der Waals surface area contributed by atoms with Crippen LogP contribution in [0.2, 0.25) is 0 Å². The molecule has 0 saturated carbocycles. The summed E-state index contributed by atoms with van der Waals surface area (Å²) < 4.78 is 0. The Labute approximate surface area is 104 Å². The van der Waals surface area contributed by atoms with Gasteiger partial charge >= 0.3 is 5.97 Å². The maximum absolute atomic E-state index is 10.3. The molecule has 1 aromatic rings. The van der Waals surface area contributed by atoms with E-state index in [-0.39, 0.29) is 18.8 Å². The number of aryl methyl sites for hydroxylation is 2. The van der Waals surface area contributed by atoms with Crippen LogP contribution >= 0.6 is 23.7 Å². The number of fused-ring (bicyclic) bond motifs is 1. The monoisotopic (exact) mass is 262 g/mol. The molecule has 2 N–H and O–H groups in total. The van der Waals surface area contributed by atoms with E-state index in [9.17, 15) is 4.79 Å². The molecule has 1 aromatic heterocycles. The van der Waals surface area contributed by atoms with E-state index in [1.54, 1.807) is 11.3 Å². The van der Waals surface area contributed by atoms with Crippen LogP contribution in [0, 0.1) is 0 Å². The molecule has 0 aromatic carbocycles. The second-order valence-corrected chi connectivity index (χ2v) is 4.75. The maximum atomic E-state index is 10.3. The van der Waals surface area contributed by atoms with Crippen LogP contribution in [0.3, 0.4) is 0 Å². The number of hydrogen-bond acceptors (Lipinski definition) is 4. The molecule has 0 unspecified atom stereocenters. The smallest absolute Gasteiger partial charge is 0.305 e. The van der Waals surface area contributed by atoms with Crippen LogP contribution in [-0.4, -0.2) is 22.6 Å². The number of halogens is 1. The number of anilines is 1. The fraction of sp³-hybridized carbons (Fsp3) is 0.600. The van der Waals surface area contributed by atoms with Gasteiger partial charge in [0, 0.05) is 11.4 Å². The first-order chi connectivity index (χ1) is 7.25. The Morgan fingerprint density at radius 1 is 1.44 bits per heavy atom. The molecule has 0 spiro atoms. The van der Waals surface area contributed by atoms with Gasteiger partial charge in [-0.2, -0.15) is 0 Å². The van der Waals surface area contributed by atoms with Crippen LogP contribution < -0.4 is 5.32 Å². The Morgan fingerprint density at radius 2 is 2.19 bits per heavy atom. The van der Waals surface area contributed by atoms with Crippen LogP contribution in [0.25, 0.3) is 0 Å². The van der Waals surface area contributed by atoms with Gasteiger partial charge in [-0.3, -0.25) is 4.79 Å². The second-order valence-electron chi connectivity index (χ2n) is 3.67. The Hall–Kier alpha value is -0.810. The number of hydrogen-bond donors (Lipinski definition) is 2. The minimum absolute atomic E-state index is 0. The molecule has 0 amide bonds. The van der Waals surface area contributed by atoms with Gasteiger partial charge in [0.05, 0.1) is 12.1 Å². The van der Waals surface area contributed by atoms with Crippen molar-refractivity contribution < 1.29 is 9.90 Å². The molecular formula is C10H15ClN2O2S. The zero-order valence-corrected chi connectivity index (χ0v) is 10.5. The van der Waals surface area contributed by atoms with Gasteiger partial charge < -0.3 is 10.4 Å². The van der Waals surface area contributed by atoms with Gasteiger partial charge in [-0.05, 0) is 25.7 Å². The summed E-state index contributed by atoms with van der Waals surface area (Å²) in [5.41, 5.74) is 1.21. The molecule has 0 atom stereocenters. The Bertz CT molecular complexity index is 344. The fourth-order valence-corrected chi connectivity index (χ4v) is 2.78. The van der Waals surface area contributed by atoms with Crippen molar-refractivity contribution >= 4 is 34.8 Å². The van der Waals surface area contributed by atoms with E-state index in [1.807, 2.05) is 0 Å². The lowest BCUT2D eigenvalue weighted by Crippen LogP contribution is -2.07. The molecule has 6 heteroatoms. The molecule has 1 heterocycles. The largest absolute Gasteiger partial charge is 0.481 e. The molecule has 90 valence electrons. The van der Waals surface area contributed by atoms with Crippen molar-refractivity contribution in [2.75, 3.05) is 11.9 Å². The van der Waals surface area contributed by atoms with Crippen molar-refractivity contribution in [2.45, 2.75) is 32.1 Å². The van der Waals surface area contributed by atoms with Gasteiger partial charge in [0.15, 0.2) is 5.13 Å². The number of thiazole rings is 1. The number of carboxylic acid groups (broad SMARTS) is 1. The molecule has 0 fully saturated rings. The van der Waals surface area contributed by atoms with E-state index >= 15 is 0 Å². The molecule has 1 aliphatic carbocycles. The van der Waals surface area contributed by atoms with Gasteiger partial charge in [0.2, 0.25) is 0 Å². The Balaban J connectivity index is 0.00000128. The number of rotatable bonds is 4. The second kappa shape index (κ2) is 6.06. The third-order valence-corrected chi connectivity index (χ3v) is 3.58. The molecule has 0 radical (unpaired) electrons. The van der Waals surface area contributed by atoms with Gasteiger partial charge in [-0.15, -0.1) is 23.7 Å². The highest BCUT2D eigenvalue weighted by atomic mass is 35.5. The van der Waals surface area contributed by atoms with Gasteiger partial charge in [0.1, 0.15) is 0 Å². The summed E-state index contributed by atoms with van der Waals surface area (Å²) in [7, 11) is 0. The molecule has 0 aliphatic heterocycles. The summed E-state index contributed by atoms with van der Waals surface area (Å²) in [6.45, 7) is 0.460. The van der Waals surface area contributed by atoms with Crippen molar-refractivity contribution in [3.05, 3.63) is 10.6 Å². The summed E-state index contributed by atoms with van der Waals surface area (Å²) in [5, 5.41) is 12.4. The average Bonchev–Trinajstić information content (AvgIpc) is 2.59. The molecule has 1 aliphatic rings. The minimum Gasteiger partial charge on any atom is -0.481 e. The van der Waals surface area contributed by atoms with E-state index in [4.69, 9.17) is 5.11 Å². The SMILES string of the molecule is Cl.O=C(O)CCNc1nc2c(s1)CCCC2. The lowest BCUT2D eigenvalue weighted by atomic mass is 10.0. The number of nitrogens with zero attached hydrogens (tertiary/aromatic N) is 1. The van der Waals surface area contributed by atoms with E-state index < -0.39 is 5.97 Å². The quantitative estimate of drug-likeness (QED) is 0.874. The molecule has 2 rings (SSSR count). The first-order valence-corrected chi connectivity index (χ1v) is 6.01. The first-order valence-electron chi connectivity index (χ1n) is 5.20. The predicted molar refractivity (Wildman–Crippen MR) is 66.7 cm³/mol. The molecule has 4 nitrogen and oxygen atoms in total. The standard InChI is InChI=1S/C10H14N2O2S.ClH/c13-9(14)5-6-11-10-12-7-3-1-2-4-8(7)15-10;/h1-6H2,(H,11,12)(H,13,14);1H. The summed E-state index contributed by atoms with van der Waals surface area (Å²) in [6, 6.07) is 0. The molecule has 0 saturated heterocycles. The fourth-order valence-electron chi connectivity index (χ4n) is 1.70. The minimum atomic E-state index is -0.774. The summed E-state index contributed by atoms with van der Waals surface area (Å²) in [6.07, 6.45) is 4.83. The average molecular weight is 263 g/mol. The topological polar surface area (TPSA) is 62.2 Å². The van der Waals surface area contributed by atoms with E-state index in [0.717, 1.165) is 18.0 Å². The Kier molecular flexibility index (Phi) is 5.02. The van der Waals surface area contributed by atoms with Crippen LogP contribution in [0.15, 0.2) is 0 Å². The van der Waals surface area contributed by atoms with Crippen LogP contribution in [0.1, 0.15) is 29.8 Å². The van der Waals surface area contributed by atoms with Crippen LogP contribution in [0.4, 0.5) is 5.13 Å². The third kappa shape index (κ3) is 3.35. The number of carboxylic acids is 1. The number of aliphatic carboxylic acids is 1. The normalized spacial score (nSPS) is 13.8. The molecule has 16 heavy (non-hydrogen) atoms. The van der Waals surface area contributed by atoms with Crippen molar-refractivity contribution in [2.24, 2.45) is 0 Å². The lowest BCUT2D eigenvalue weighted by molar-refractivity contribution is -0.136. The van der Waals surface area contributed by atoms with E-state index in [1.165, 1.54) is 23.4 Å². The summed E-state index contributed by atoms with van der Waals surface area (Å²) in [5.74, 6) is -0.774. The third-order valence-electron chi connectivity index (χ3n) is 2.46. The maximum Gasteiger partial charge on any atom is 0.305 e. The highest BCUT2D eigenvalue weighted by Gasteiger charge is 2.14. The predicted octanol–water partition coefficient (Wildman–Crippen LogP) is 2.33. The van der Waals surface area contributed by atoms with Crippen molar-refractivity contribution in [1.82, 2.24) is 4.98 Å².